The van der Waals surface area contributed by atoms with Gasteiger partial charge in [-0.3, -0.25) is 0 Å². The van der Waals surface area contributed by atoms with Crippen LogP contribution in [0.1, 0.15) is 29.0 Å². The van der Waals surface area contributed by atoms with Gasteiger partial charge in [-0.1, -0.05) is 54.6 Å². The van der Waals surface area contributed by atoms with E-state index >= 15 is 0 Å². The van der Waals surface area contributed by atoms with Crippen LogP contribution in [0.15, 0.2) is 54.6 Å². The van der Waals surface area contributed by atoms with Crippen molar-refractivity contribution in [2.45, 2.75) is 25.3 Å². The van der Waals surface area contributed by atoms with Gasteiger partial charge in [0.1, 0.15) is 0 Å². The van der Waals surface area contributed by atoms with Crippen molar-refractivity contribution in [3.8, 4) is 0 Å². The molecule has 1 nitrogen and oxygen atoms in total. The number of rotatable bonds is 4. The van der Waals surface area contributed by atoms with Crippen molar-refractivity contribution < 1.29 is 0 Å². The lowest BCUT2D eigenvalue weighted by Crippen LogP contribution is -2.17. The third-order valence-corrected chi connectivity index (χ3v) is 5.04. The van der Waals surface area contributed by atoms with E-state index in [1.165, 1.54) is 24.9 Å². The van der Waals surface area contributed by atoms with Crippen molar-refractivity contribution in [2.75, 3.05) is 6.54 Å². The molecule has 1 N–H and O–H groups in total. The van der Waals surface area contributed by atoms with Gasteiger partial charge in [0, 0.05) is 6.54 Å². The first kappa shape index (κ1) is 12.2. The summed E-state index contributed by atoms with van der Waals surface area (Å²) >= 11 is 0. The van der Waals surface area contributed by atoms with Gasteiger partial charge in [-0.05, 0) is 53.8 Å². The molecule has 20 heavy (non-hydrogen) atoms. The fourth-order valence-electron chi connectivity index (χ4n) is 3.97. The van der Waals surface area contributed by atoms with Gasteiger partial charge in [-0.25, -0.2) is 0 Å². The molecule has 3 unspecified atom stereocenters. The Morgan fingerprint density at radius 2 is 1.75 bits per heavy atom. The summed E-state index contributed by atoms with van der Waals surface area (Å²) in [6.07, 6.45) is 2.67. The molecule has 0 saturated heterocycles. The fraction of sp³-hybridized carbons (Fsp3) is 0.368. The van der Waals surface area contributed by atoms with Gasteiger partial charge in [0.2, 0.25) is 0 Å². The molecule has 0 amide bonds. The topological polar surface area (TPSA) is 12.0 Å². The number of hydrogen-bond acceptors (Lipinski definition) is 1. The van der Waals surface area contributed by atoms with Crippen LogP contribution in [0.25, 0.3) is 0 Å². The van der Waals surface area contributed by atoms with Crippen LogP contribution >= 0.6 is 0 Å². The van der Waals surface area contributed by atoms with Crippen LogP contribution in [-0.2, 0) is 13.0 Å². The monoisotopic (exact) mass is 263 g/mol. The summed E-state index contributed by atoms with van der Waals surface area (Å²) in [5, 5.41) is 3.65. The van der Waals surface area contributed by atoms with E-state index in [1.807, 2.05) is 0 Å². The molecule has 4 rings (SSSR count). The van der Waals surface area contributed by atoms with Gasteiger partial charge in [-0.15, -0.1) is 0 Å². The second kappa shape index (κ2) is 5.06. The molecule has 1 heteroatoms. The highest BCUT2D eigenvalue weighted by atomic mass is 14.9. The molecule has 2 aromatic carbocycles. The molecule has 2 aromatic rings. The van der Waals surface area contributed by atoms with E-state index in [4.69, 9.17) is 0 Å². The van der Waals surface area contributed by atoms with Gasteiger partial charge in [0.05, 0.1) is 0 Å². The molecule has 0 aliphatic heterocycles. The lowest BCUT2D eigenvalue weighted by atomic mass is 9.92. The Morgan fingerprint density at radius 1 is 0.950 bits per heavy atom. The van der Waals surface area contributed by atoms with Gasteiger partial charge < -0.3 is 5.32 Å². The molecular weight excluding hydrogens is 242 g/mol. The second-order valence-corrected chi connectivity index (χ2v) is 6.21. The van der Waals surface area contributed by atoms with Crippen LogP contribution in [0.4, 0.5) is 0 Å². The van der Waals surface area contributed by atoms with Crippen molar-refractivity contribution in [2.24, 2.45) is 11.8 Å². The molecule has 2 aliphatic carbocycles. The summed E-state index contributed by atoms with van der Waals surface area (Å²) in [6, 6.07) is 19.8. The number of aryl methyl sites for hydroxylation is 1. The van der Waals surface area contributed by atoms with Crippen LogP contribution in [0, 0.1) is 11.8 Å². The zero-order chi connectivity index (χ0) is 13.4. The molecule has 0 spiro atoms. The fourth-order valence-corrected chi connectivity index (χ4v) is 3.97. The van der Waals surface area contributed by atoms with Gasteiger partial charge in [-0.2, -0.15) is 0 Å². The maximum Gasteiger partial charge on any atom is 0.0205 e. The maximum absolute atomic E-state index is 3.65. The standard InChI is InChI=1S/C19H21N/c1-2-6-14(7-3-1)12-20-13-18-17-11-10-15-8-4-5-9-16(15)19(17)18/h1-9,17-20H,10-13H2. The van der Waals surface area contributed by atoms with Crippen LogP contribution < -0.4 is 5.32 Å². The van der Waals surface area contributed by atoms with E-state index in [-0.39, 0.29) is 0 Å². The largest absolute Gasteiger partial charge is 0.312 e. The molecule has 0 bridgehead atoms. The quantitative estimate of drug-likeness (QED) is 0.886. The average molecular weight is 263 g/mol. The highest BCUT2D eigenvalue weighted by Gasteiger charge is 2.52. The molecule has 3 atom stereocenters. The number of fused-ring (bicyclic) bond motifs is 3. The predicted molar refractivity (Wildman–Crippen MR) is 82.6 cm³/mol. The van der Waals surface area contributed by atoms with Crippen LogP contribution in [0.3, 0.4) is 0 Å². The Hall–Kier alpha value is -1.60. The molecule has 2 aliphatic rings. The maximum atomic E-state index is 3.65. The third kappa shape index (κ3) is 2.16. The summed E-state index contributed by atoms with van der Waals surface area (Å²) in [7, 11) is 0. The molecule has 0 aromatic heterocycles. The summed E-state index contributed by atoms with van der Waals surface area (Å²) in [5.41, 5.74) is 4.62. The summed E-state index contributed by atoms with van der Waals surface area (Å²) in [6.45, 7) is 2.16. The van der Waals surface area contributed by atoms with E-state index in [9.17, 15) is 0 Å². The Balaban J connectivity index is 1.37. The van der Waals surface area contributed by atoms with E-state index in [0.717, 1.165) is 24.3 Å². The van der Waals surface area contributed by atoms with E-state index in [1.54, 1.807) is 11.1 Å². The minimum atomic E-state index is 0.836. The summed E-state index contributed by atoms with van der Waals surface area (Å²) in [5.74, 6) is 2.64. The summed E-state index contributed by atoms with van der Waals surface area (Å²) in [4.78, 5) is 0. The van der Waals surface area contributed by atoms with Gasteiger partial charge in [0.15, 0.2) is 0 Å². The smallest absolute Gasteiger partial charge is 0.0205 e. The molecule has 102 valence electrons. The average Bonchev–Trinajstić information content (AvgIpc) is 3.22. The Bertz CT molecular complexity index is 590. The Labute approximate surface area is 121 Å². The summed E-state index contributed by atoms with van der Waals surface area (Å²) < 4.78 is 0. The first-order valence-electron chi connectivity index (χ1n) is 7.76. The zero-order valence-electron chi connectivity index (χ0n) is 11.8. The molecule has 1 saturated carbocycles. The first-order valence-corrected chi connectivity index (χ1v) is 7.76. The normalized spacial score (nSPS) is 26.7. The third-order valence-electron chi connectivity index (χ3n) is 5.04. The van der Waals surface area contributed by atoms with Gasteiger partial charge in [0.25, 0.3) is 0 Å². The lowest BCUT2D eigenvalue weighted by Gasteiger charge is -2.13. The number of nitrogens with one attached hydrogen (secondary N) is 1. The van der Waals surface area contributed by atoms with Crippen molar-refractivity contribution in [1.82, 2.24) is 5.32 Å². The van der Waals surface area contributed by atoms with E-state index in [2.05, 4.69) is 59.9 Å². The molecular formula is C19H21N. The van der Waals surface area contributed by atoms with E-state index < -0.39 is 0 Å². The van der Waals surface area contributed by atoms with Crippen molar-refractivity contribution in [3.63, 3.8) is 0 Å². The minimum absolute atomic E-state index is 0.836. The van der Waals surface area contributed by atoms with Crippen LogP contribution in [-0.4, -0.2) is 6.54 Å². The number of hydrogen-bond donors (Lipinski definition) is 1. The molecule has 0 heterocycles. The highest BCUT2D eigenvalue weighted by Crippen LogP contribution is 2.59. The van der Waals surface area contributed by atoms with E-state index in [0.29, 0.717) is 0 Å². The molecule has 1 fully saturated rings. The minimum Gasteiger partial charge on any atom is -0.312 e. The Kier molecular flexibility index (Phi) is 3.08. The SMILES string of the molecule is c1ccc(CNCC2C3CCc4ccccc4C32)cc1. The lowest BCUT2D eigenvalue weighted by molar-refractivity contribution is 0.578. The van der Waals surface area contributed by atoms with Crippen LogP contribution in [0.5, 0.6) is 0 Å². The first-order chi connectivity index (χ1) is 9.93. The van der Waals surface area contributed by atoms with Gasteiger partial charge >= 0.3 is 0 Å². The van der Waals surface area contributed by atoms with Crippen molar-refractivity contribution in [3.05, 3.63) is 71.3 Å². The number of benzene rings is 2. The van der Waals surface area contributed by atoms with Crippen molar-refractivity contribution >= 4 is 0 Å². The molecule has 0 radical (unpaired) electrons. The van der Waals surface area contributed by atoms with Crippen molar-refractivity contribution in [1.29, 1.82) is 0 Å². The predicted octanol–water partition coefficient (Wildman–Crippen LogP) is 3.75. The zero-order valence-corrected chi connectivity index (χ0v) is 11.8. The van der Waals surface area contributed by atoms with Crippen LogP contribution in [0.2, 0.25) is 0 Å². The highest BCUT2D eigenvalue weighted by molar-refractivity contribution is 5.39. The second-order valence-electron chi connectivity index (χ2n) is 6.21. The Morgan fingerprint density at radius 3 is 2.65 bits per heavy atom.